The van der Waals surface area contributed by atoms with E-state index >= 15 is 0 Å². The molecular formula is C27H27N5O5. The average Bonchev–Trinajstić information content (AvgIpc) is 2.91. The van der Waals surface area contributed by atoms with Gasteiger partial charge >= 0.3 is 0 Å². The zero-order valence-electron chi connectivity index (χ0n) is 20.1. The number of hydrogen-bond donors (Lipinski definition) is 6. The first kappa shape index (κ1) is 27.0. The lowest BCUT2D eigenvalue weighted by Gasteiger charge is -2.19. The van der Waals surface area contributed by atoms with Crippen molar-refractivity contribution in [1.29, 1.82) is 0 Å². The number of benzene rings is 2. The van der Waals surface area contributed by atoms with Crippen molar-refractivity contribution in [2.24, 2.45) is 0 Å². The SMILES string of the molecule is C[C@@H](O)[C@H](NC(=O)c1ccc(C#Cc2ccc(NC(=O)CNCc3ccncc3)cc2)cc1)C(=O)NO. The van der Waals surface area contributed by atoms with Crippen molar-refractivity contribution in [2.45, 2.75) is 25.6 Å². The molecule has 0 fully saturated rings. The van der Waals surface area contributed by atoms with E-state index in [9.17, 15) is 19.5 Å². The minimum absolute atomic E-state index is 0.159. The molecule has 1 heterocycles. The average molecular weight is 502 g/mol. The maximum absolute atomic E-state index is 12.3. The van der Waals surface area contributed by atoms with Gasteiger partial charge in [-0.25, -0.2) is 5.48 Å². The van der Waals surface area contributed by atoms with E-state index in [0.717, 1.165) is 11.1 Å². The Labute approximate surface area is 214 Å². The molecule has 10 nitrogen and oxygen atoms in total. The van der Waals surface area contributed by atoms with Crippen molar-refractivity contribution < 1.29 is 24.7 Å². The Hall–Kier alpha value is -4.56. The second-order valence-electron chi connectivity index (χ2n) is 8.08. The minimum Gasteiger partial charge on any atom is -0.391 e. The first-order chi connectivity index (χ1) is 17.9. The molecule has 2 atom stereocenters. The Bertz CT molecular complexity index is 1270. The number of carbonyl (C=O) groups is 3. The maximum atomic E-state index is 12.3. The van der Waals surface area contributed by atoms with Gasteiger partial charge in [0, 0.05) is 41.3 Å². The third-order valence-electron chi connectivity index (χ3n) is 5.19. The molecule has 0 unspecified atom stereocenters. The Morgan fingerprint density at radius 3 is 2.08 bits per heavy atom. The van der Waals surface area contributed by atoms with Crippen LogP contribution in [0.1, 0.15) is 34.0 Å². The number of amides is 3. The summed E-state index contributed by atoms with van der Waals surface area (Å²) >= 11 is 0. The van der Waals surface area contributed by atoms with Crippen molar-refractivity contribution in [1.82, 2.24) is 21.1 Å². The topological polar surface area (TPSA) is 153 Å². The number of carbonyl (C=O) groups excluding carboxylic acids is 3. The minimum atomic E-state index is -1.30. The molecule has 0 saturated heterocycles. The number of rotatable bonds is 9. The highest BCUT2D eigenvalue weighted by molar-refractivity contribution is 5.97. The molecule has 3 aromatic rings. The van der Waals surface area contributed by atoms with Crippen LogP contribution in [0.4, 0.5) is 5.69 Å². The lowest BCUT2D eigenvalue weighted by molar-refractivity contribution is -0.133. The molecule has 6 N–H and O–H groups in total. The van der Waals surface area contributed by atoms with Crippen molar-refractivity contribution in [3.63, 3.8) is 0 Å². The summed E-state index contributed by atoms with van der Waals surface area (Å²) in [5, 5.41) is 26.6. The molecule has 10 heteroatoms. The van der Waals surface area contributed by atoms with Crippen LogP contribution in [0.15, 0.2) is 73.1 Å². The lowest BCUT2D eigenvalue weighted by Crippen LogP contribution is -2.51. The summed E-state index contributed by atoms with van der Waals surface area (Å²) in [6, 6.07) is 15.9. The van der Waals surface area contributed by atoms with E-state index in [2.05, 4.69) is 32.8 Å². The Kier molecular flexibility index (Phi) is 9.87. The number of hydrogen-bond acceptors (Lipinski definition) is 7. The highest BCUT2D eigenvalue weighted by atomic mass is 16.5. The first-order valence-electron chi connectivity index (χ1n) is 11.4. The van der Waals surface area contributed by atoms with E-state index in [-0.39, 0.29) is 18.0 Å². The standard InChI is InChI=1S/C27H27N5O5/c1-18(33)25(27(36)32-37)31-26(35)22-8-4-19(5-9-22)2-3-20-6-10-23(11-7-20)30-24(34)17-29-16-21-12-14-28-15-13-21/h4-15,18,25,29,33,37H,16-17H2,1H3,(H,30,34)(H,31,35)(H,32,36)/t18-,25+/m1/s1. The van der Waals surface area contributed by atoms with Crippen LogP contribution in [0.5, 0.6) is 0 Å². The molecule has 190 valence electrons. The van der Waals surface area contributed by atoms with Gasteiger partial charge in [0.1, 0.15) is 6.04 Å². The third-order valence-corrected chi connectivity index (χ3v) is 5.19. The molecule has 1 aromatic heterocycles. The Morgan fingerprint density at radius 2 is 1.51 bits per heavy atom. The van der Waals surface area contributed by atoms with Crippen molar-refractivity contribution in [2.75, 3.05) is 11.9 Å². The summed E-state index contributed by atoms with van der Waals surface area (Å²) in [4.78, 5) is 40.0. The summed E-state index contributed by atoms with van der Waals surface area (Å²) < 4.78 is 0. The third kappa shape index (κ3) is 8.55. The van der Waals surface area contributed by atoms with Gasteiger partial charge in [0.15, 0.2) is 0 Å². The maximum Gasteiger partial charge on any atom is 0.268 e. The highest BCUT2D eigenvalue weighted by Gasteiger charge is 2.25. The Balaban J connectivity index is 1.51. The number of aliphatic hydroxyl groups excluding tert-OH is 1. The second-order valence-corrected chi connectivity index (χ2v) is 8.08. The second kappa shape index (κ2) is 13.5. The fourth-order valence-electron chi connectivity index (χ4n) is 3.21. The number of nitrogens with one attached hydrogen (secondary N) is 4. The predicted octanol–water partition coefficient (Wildman–Crippen LogP) is 1.19. The number of aromatic nitrogens is 1. The van der Waals surface area contributed by atoms with E-state index < -0.39 is 24.0 Å². The fraction of sp³-hybridized carbons (Fsp3) is 0.185. The number of hydroxylamine groups is 1. The molecule has 0 spiro atoms. The van der Waals surface area contributed by atoms with E-state index in [0.29, 0.717) is 17.8 Å². The van der Waals surface area contributed by atoms with Crippen LogP contribution in [-0.2, 0) is 16.1 Å². The molecular weight excluding hydrogens is 474 g/mol. The van der Waals surface area contributed by atoms with Gasteiger partial charge in [-0.3, -0.25) is 24.6 Å². The fourth-order valence-corrected chi connectivity index (χ4v) is 3.21. The largest absolute Gasteiger partial charge is 0.391 e. The van der Waals surface area contributed by atoms with Gasteiger partial charge in [-0.05, 0) is 73.2 Å². The summed E-state index contributed by atoms with van der Waals surface area (Å²) in [5.74, 6) is 4.35. The van der Waals surface area contributed by atoms with Gasteiger partial charge < -0.3 is 21.1 Å². The normalized spacial score (nSPS) is 11.9. The molecule has 0 aliphatic rings. The van der Waals surface area contributed by atoms with Gasteiger partial charge in [0.05, 0.1) is 12.6 Å². The number of anilines is 1. The molecule has 3 amide bonds. The van der Waals surface area contributed by atoms with Crippen molar-refractivity contribution in [3.8, 4) is 11.8 Å². The molecule has 0 radical (unpaired) electrons. The lowest BCUT2D eigenvalue weighted by atomic mass is 10.1. The number of aliphatic hydroxyl groups is 1. The highest BCUT2D eigenvalue weighted by Crippen LogP contribution is 2.10. The smallest absolute Gasteiger partial charge is 0.268 e. The van der Waals surface area contributed by atoms with Crippen LogP contribution in [-0.4, -0.2) is 51.7 Å². The molecule has 0 aliphatic carbocycles. The van der Waals surface area contributed by atoms with Gasteiger partial charge in [-0.2, -0.15) is 0 Å². The summed E-state index contributed by atoms with van der Waals surface area (Å²) in [6.45, 7) is 2.06. The summed E-state index contributed by atoms with van der Waals surface area (Å²) in [7, 11) is 0. The van der Waals surface area contributed by atoms with E-state index in [4.69, 9.17) is 5.21 Å². The van der Waals surface area contributed by atoms with Gasteiger partial charge in [0.25, 0.3) is 11.8 Å². The monoisotopic (exact) mass is 501 g/mol. The van der Waals surface area contributed by atoms with Crippen LogP contribution in [0.2, 0.25) is 0 Å². The quantitative estimate of drug-likeness (QED) is 0.146. The molecule has 0 saturated carbocycles. The zero-order chi connectivity index (χ0) is 26.6. The molecule has 0 aliphatic heterocycles. The molecule has 0 bridgehead atoms. The van der Waals surface area contributed by atoms with Crippen LogP contribution >= 0.6 is 0 Å². The van der Waals surface area contributed by atoms with Crippen molar-refractivity contribution in [3.05, 3.63) is 95.3 Å². The van der Waals surface area contributed by atoms with E-state index in [1.165, 1.54) is 24.5 Å². The number of pyridine rings is 1. The van der Waals surface area contributed by atoms with Crippen LogP contribution in [0, 0.1) is 11.8 Å². The zero-order valence-corrected chi connectivity index (χ0v) is 20.1. The van der Waals surface area contributed by atoms with E-state index in [1.54, 1.807) is 48.8 Å². The van der Waals surface area contributed by atoms with E-state index in [1.807, 2.05) is 12.1 Å². The van der Waals surface area contributed by atoms with Gasteiger partial charge in [0.2, 0.25) is 5.91 Å². The van der Waals surface area contributed by atoms with Crippen LogP contribution in [0.25, 0.3) is 0 Å². The van der Waals surface area contributed by atoms with Gasteiger partial charge in [-0.1, -0.05) is 11.8 Å². The first-order valence-corrected chi connectivity index (χ1v) is 11.4. The predicted molar refractivity (Wildman–Crippen MR) is 136 cm³/mol. The summed E-state index contributed by atoms with van der Waals surface area (Å²) in [5.41, 5.74) is 4.77. The van der Waals surface area contributed by atoms with Crippen LogP contribution < -0.4 is 21.4 Å². The Morgan fingerprint density at radius 1 is 0.919 bits per heavy atom. The van der Waals surface area contributed by atoms with Crippen molar-refractivity contribution >= 4 is 23.4 Å². The number of nitrogens with zero attached hydrogens (tertiary/aromatic N) is 1. The van der Waals surface area contributed by atoms with Gasteiger partial charge in [-0.15, -0.1) is 0 Å². The van der Waals surface area contributed by atoms with Crippen LogP contribution in [0.3, 0.4) is 0 Å². The summed E-state index contributed by atoms with van der Waals surface area (Å²) in [6.07, 6.45) is 2.21. The molecule has 37 heavy (non-hydrogen) atoms. The molecule has 2 aromatic carbocycles. The molecule has 3 rings (SSSR count).